The monoisotopic (exact) mass is 173 g/mol. The highest BCUT2D eigenvalue weighted by molar-refractivity contribution is 5.86. The van der Waals surface area contributed by atoms with Crippen molar-refractivity contribution in [3.8, 4) is 0 Å². The van der Waals surface area contributed by atoms with E-state index in [1.54, 1.807) is 12.4 Å². The Morgan fingerprint density at radius 2 is 1.92 bits per heavy atom. The molecule has 0 amide bonds. The first-order chi connectivity index (χ1) is 6.36. The fraction of sp³-hybridized carbons (Fsp3) is 0.273. The summed E-state index contributed by atoms with van der Waals surface area (Å²) in [5, 5.41) is 0. The second-order valence-corrected chi connectivity index (χ2v) is 3.21. The molecule has 0 N–H and O–H groups in total. The molecule has 0 spiro atoms. The molecule has 2 rings (SSSR count). The summed E-state index contributed by atoms with van der Waals surface area (Å²) < 4.78 is 0. The molecule has 0 radical (unpaired) electrons. The first-order valence-corrected chi connectivity index (χ1v) is 4.47. The molecule has 0 fully saturated rings. The molecule has 1 aromatic rings. The number of ketones is 1. The average Bonchev–Trinajstić information content (AvgIpc) is 2.20. The highest BCUT2D eigenvalue weighted by atomic mass is 16.1. The van der Waals surface area contributed by atoms with Crippen molar-refractivity contribution in [2.45, 2.75) is 19.3 Å². The van der Waals surface area contributed by atoms with E-state index in [9.17, 15) is 4.79 Å². The molecule has 1 aromatic heterocycles. The van der Waals surface area contributed by atoms with Crippen LogP contribution in [0.5, 0.6) is 0 Å². The fourth-order valence-electron chi connectivity index (χ4n) is 1.54. The third kappa shape index (κ3) is 1.83. The van der Waals surface area contributed by atoms with Crippen molar-refractivity contribution in [3.05, 3.63) is 36.2 Å². The number of hydrogen-bond acceptors (Lipinski definition) is 2. The molecular formula is C11H11NO. The van der Waals surface area contributed by atoms with Crippen LogP contribution < -0.4 is 0 Å². The maximum atomic E-state index is 11.0. The zero-order valence-corrected chi connectivity index (χ0v) is 7.36. The number of carbonyl (C=O) groups is 1. The van der Waals surface area contributed by atoms with Gasteiger partial charge >= 0.3 is 0 Å². The van der Waals surface area contributed by atoms with Gasteiger partial charge in [-0.25, -0.2) is 0 Å². The molecule has 0 unspecified atom stereocenters. The molecule has 1 aliphatic carbocycles. The standard InChI is InChI=1S/C11H11NO/c13-11-3-1-9(2-4-11)10-5-7-12-8-6-10/h1,5-8H,2-4H2. The lowest BCUT2D eigenvalue weighted by atomic mass is 9.94. The lowest BCUT2D eigenvalue weighted by Crippen LogP contribution is -2.02. The average molecular weight is 173 g/mol. The summed E-state index contributed by atoms with van der Waals surface area (Å²) in [4.78, 5) is 14.9. The van der Waals surface area contributed by atoms with Crippen LogP contribution in [0.1, 0.15) is 24.8 Å². The van der Waals surface area contributed by atoms with Gasteiger partial charge < -0.3 is 0 Å². The second kappa shape index (κ2) is 3.52. The molecule has 66 valence electrons. The van der Waals surface area contributed by atoms with Gasteiger partial charge in [0.15, 0.2) is 0 Å². The van der Waals surface area contributed by atoms with E-state index in [2.05, 4.69) is 4.98 Å². The number of hydrogen-bond donors (Lipinski definition) is 0. The van der Waals surface area contributed by atoms with Crippen molar-refractivity contribution in [1.82, 2.24) is 4.98 Å². The minimum absolute atomic E-state index is 0.345. The SMILES string of the molecule is O=C1CC=C(c2ccncc2)CC1. The number of aromatic nitrogens is 1. The summed E-state index contributed by atoms with van der Waals surface area (Å²) in [6.45, 7) is 0. The first kappa shape index (κ1) is 8.17. The van der Waals surface area contributed by atoms with Crippen molar-refractivity contribution < 1.29 is 4.79 Å². The van der Waals surface area contributed by atoms with Gasteiger partial charge in [0.05, 0.1) is 0 Å². The lowest BCUT2D eigenvalue weighted by molar-refractivity contribution is -0.118. The zero-order chi connectivity index (χ0) is 9.10. The Morgan fingerprint density at radius 3 is 2.54 bits per heavy atom. The molecule has 0 bridgehead atoms. The van der Waals surface area contributed by atoms with Gasteiger partial charge in [-0.05, 0) is 29.7 Å². The van der Waals surface area contributed by atoms with Gasteiger partial charge in [-0.3, -0.25) is 9.78 Å². The molecule has 13 heavy (non-hydrogen) atoms. The van der Waals surface area contributed by atoms with E-state index >= 15 is 0 Å². The highest BCUT2D eigenvalue weighted by Crippen LogP contribution is 2.24. The summed E-state index contributed by atoms with van der Waals surface area (Å²) in [7, 11) is 0. The molecule has 0 saturated heterocycles. The van der Waals surface area contributed by atoms with Gasteiger partial charge in [0, 0.05) is 25.2 Å². The molecule has 2 heteroatoms. The van der Waals surface area contributed by atoms with Crippen LogP contribution in [0.4, 0.5) is 0 Å². The topological polar surface area (TPSA) is 30.0 Å². The number of nitrogens with zero attached hydrogens (tertiary/aromatic N) is 1. The van der Waals surface area contributed by atoms with Crippen LogP contribution in [0, 0.1) is 0 Å². The van der Waals surface area contributed by atoms with Gasteiger partial charge in [0.1, 0.15) is 5.78 Å². The Hall–Kier alpha value is -1.44. The Balaban J connectivity index is 2.23. The van der Waals surface area contributed by atoms with E-state index in [-0.39, 0.29) is 0 Å². The maximum Gasteiger partial charge on any atom is 0.137 e. The normalized spacial score (nSPS) is 16.9. The molecule has 0 saturated carbocycles. The number of Topliss-reactive ketones (excluding diaryl/α,β-unsaturated/α-hetero) is 1. The van der Waals surface area contributed by atoms with Crippen molar-refractivity contribution in [2.75, 3.05) is 0 Å². The molecule has 0 aromatic carbocycles. The largest absolute Gasteiger partial charge is 0.299 e. The molecule has 0 aliphatic heterocycles. The maximum absolute atomic E-state index is 11.0. The predicted octanol–water partition coefficient (Wildman–Crippen LogP) is 2.22. The Bertz CT molecular complexity index is 340. The summed E-state index contributed by atoms with van der Waals surface area (Å²) >= 11 is 0. The first-order valence-electron chi connectivity index (χ1n) is 4.47. The van der Waals surface area contributed by atoms with Crippen LogP contribution in [0.15, 0.2) is 30.6 Å². The number of pyridine rings is 1. The molecule has 1 aliphatic rings. The summed E-state index contributed by atoms with van der Waals surface area (Å²) in [5.74, 6) is 0.345. The summed E-state index contributed by atoms with van der Waals surface area (Å²) in [6, 6.07) is 3.98. The van der Waals surface area contributed by atoms with Gasteiger partial charge in [0.2, 0.25) is 0 Å². The van der Waals surface area contributed by atoms with E-state index in [0.717, 1.165) is 6.42 Å². The number of allylic oxidation sites excluding steroid dienone is 2. The predicted molar refractivity (Wildman–Crippen MR) is 51.1 cm³/mol. The lowest BCUT2D eigenvalue weighted by Gasteiger charge is -2.11. The van der Waals surface area contributed by atoms with E-state index in [4.69, 9.17) is 0 Å². The van der Waals surface area contributed by atoms with Crippen LogP contribution in [-0.4, -0.2) is 10.8 Å². The molecule has 2 nitrogen and oxygen atoms in total. The second-order valence-electron chi connectivity index (χ2n) is 3.21. The van der Waals surface area contributed by atoms with Crippen LogP contribution >= 0.6 is 0 Å². The van der Waals surface area contributed by atoms with E-state index in [1.807, 2.05) is 18.2 Å². The summed E-state index contributed by atoms with van der Waals surface area (Å²) in [6.07, 6.45) is 7.76. The Kier molecular flexibility index (Phi) is 2.21. The minimum atomic E-state index is 0.345. The highest BCUT2D eigenvalue weighted by Gasteiger charge is 2.10. The third-order valence-corrected chi connectivity index (χ3v) is 2.30. The minimum Gasteiger partial charge on any atom is -0.299 e. The van der Waals surface area contributed by atoms with Crippen molar-refractivity contribution in [3.63, 3.8) is 0 Å². The Labute approximate surface area is 77.3 Å². The van der Waals surface area contributed by atoms with Crippen LogP contribution in [-0.2, 0) is 4.79 Å². The fourth-order valence-corrected chi connectivity index (χ4v) is 1.54. The number of carbonyl (C=O) groups excluding carboxylic acids is 1. The van der Waals surface area contributed by atoms with E-state index in [0.29, 0.717) is 18.6 Å². The Morgan fingerprint density at radius 1 is 1.15 bits per heavy atom. The molecule has 1 heterocycles. The van der Waals surface area contributed by atoms with Crippen LogP contribution in [0.2, 0.25) is 0 Å². The van der Waals surface area contributed by atoms with E-state index < -0.39 is 0 Å². The van der Waals surface area contributed by atoms with Crippen molar-refractivity contribution in [1.29, 1.82) is 0 Å². The zero-order valence-electron chi connectivity index (χ0n) is 7.36. The van der Waals surface area contributed by atoms with Gasteiger partial charge in [-0.1, -0.05) is 6.08 Å². The number of rotatable bonds is 1. The molecule has 0 atom stereocenters. The molecular weight excluding hydrogens is 162 g/mol. The van der Waals surface area contributed by atoms with Gasteiger partial charge in [-0.15, -0.1) is 0 Å². The van der Waals surface area contributed by atoms with Crippen molar-refractivity contribution in [2.24, 2.45) is 0 Å². The van der Waals surface area contributed by atoms with Gasteiger partial charge in [0.25, 0.3) is 0 Å². The quantitative estimate of drug-likeness (QED) is 0.651. The third-order valence-electron chi connectivity index (χ3n) is 2.30. The van der Waals surface area contributed by atoms with Gasteiger partial charge in [-0.2, -0.15) is 0 Å². The smallest absolute Gasteiger partial charge is 0.137 e. The summed E-state index contributed by atoms with van der Waals surface area (Å²) in [5.41, 5.74) is 2.48. The van der Waals surface area contributed by atoms with Crippen LogP contribution in [0.25, 0.3) is 5.57 Å². The van der Waals surface area contributed by atoms with Crippen LogP contribution in [0.3, 0.4) is 0 Å². The van der Waals surface area contributed by atoms with Crippen molar-refractivity contribution >= 4 is 11.4 Å². The van der Waals surface area contributed by atoms with E-state index in [1.165, 1.54) is 11.1 Å².